The molecule has 0 saturated carbocycles. The van der Waals surface area contributed by atoms with Crippen molar-refractivity contribution >= 4 is 21.4 Å². The minimum Gasteiger partial charge on any atom is -0.376 e. The lowest BCUT2D eigenvalue weighted by molar-refractivity contribution is -0.141. The zero-order valence-electron chi connectivity index (χ0n) is 14.0. The summed E-state index contributed by atoms with van der Waals surface area (Å²) in [7, 11) is -3.27. The number of amides is 1. The zero-order valence-corrected chi connectivity index (χ0v) is 14.8. The molecule has 1 aromatic carbocycles. The quantitative estimate of drug-likeness (QED) is 0.898. The summed E-state index contributed by atoms with van der Waals surface area (Å²) in [6, 6.07) is 4.88. The molecular formula is C16H24N2O4S. The Morgan fingerprint density at radius 1 is 1.30 bits per heavy atom. The highest BCUT2D eigenvalue weighted by Gasteiger charge is 2.25. The Morgan fingerprint density at radius 3 is 2.48 bits per heavy atom. The van der Waals surface area contributed by atoms with Crippen molar-refractivity contribution in [3.8, 4) is 0 Å². The molecule has 1 fully saturated rings. The molecule has 2 rings (SSSR count). The van der Waals surface area contributed by atoms with E-state index in [-0.39, 0.29) is 29.6 Å². The monoisotopic (exact) mass is 340 g/mol. The number of hydrogen-bond donors (Lipinski definition) is 1. The normalized spacial score (nSPS) is 22.0. The maximum atomic E-state index is 12.3. The van der Waals surface area contributed by atoms with Crippen LogP contribution in [-0.4, -0.2) is 57.3 Å². The van der Waals surface area contributed by atoms with Crippen LogP contribution in [0.5, 0.6) is 0 Å². The van der Waals surface area contributed by atoms with Gasteiger partial charge in [-0.05, 0) is 38.5 Å². The van der Waals surface area contributed by atoms with Crippen molar-refractivity contribution in [2.24, 2.45) is 0 Å². The molecule has 1 amide bonds. The van der Waals surface area contributed by atoms with Crippen molar-refractivity contribution in [1.82, 2.24) is 4.90 Å². The Balaban J connectivity index is 2.04. The molecule has 2 atom stereocenters. The topological polar surface area (TPSA) is 75.7 Å². The van der Waals surface area contributed by atoms with Crippen molar-refractivity contribution in [2.75, 3.05) is 31.2 Å². The molecule has 1 aliphatic rings. The van der Waals surface area contributed by atoms with Crippen LogP contribution in [0, 0.1) is 6.92 Å². The van der Waals surface area contributed by atoms with E-state index in [1.54, 1.807) is 23.1 Å². The fourth-order valence-electron chi connectivity index (χ4n) is 2.69. The highest BCUT2D eigenvalue weighted by molar-refractivity contribution is 7.90. The lowest BCUT2D eigenvalue weighted by atomic mass is 10.2. The van der Waals surface area contributed by atoms with Crippen LogP contribution in [0.3, 0.4) is 0 Å². The number of ether oxygens (including phenoxy) is 1. The van der Waals surface area contributed by atoms with E-state index in [1.807, 2.05) is 20.8 Å². The van der Waals surface area contributed by atoms with Crippen LogP contribution in [0.25, 0.3) is 0 Å². The molecular weight excluding hydrogens is 316 g/mol. The minimum absolute atomic E-state index is 0.0174. The Kier molecular flexibility index (Phi) is 5.31. The predicted molar refractivity (Wildman–Crippen MR) is 89.4 cm³/mol. The summed E-state index contributed by atoms with van der Waals surface area (Å²) < 4.78 is 28.9. The number of morpholine rings is 1. The van der Waals surface area contributed by atoms with Gasteiger partial charge in [0.1, 0.15) is 0 Å². The smallest absolute Gasteiger partial charge is 0.242 e. The molecule has 1 N–H and O–H groups in total. The van der Waals surface area contributed by atoms with Crippen molar-refractivity contribution in [3.63, 3.8) is 0 Å². The maximum absolute atomic E-state index is 12.3. The van der Waals surface area contributed by atoms with Crippen molar-refractivity contribution in [2.45, 2.75) is 37.9 Å². The number of aryl methyl sites for hydroxylation is 1. The average Bonchev–Trinajstić information content (AvgIpc) is 2.43. The highest BCUT2D eigenvalue weighted by atomic mass is 32.2. The molecule has 1 saturated heterocycles. The molecule has 0 radical (unpaired) electrons. The van der Waals surface area contributed by atoms with Crippen molar-refractivity contribution < 1.29 is 17.9 Å². The minimum atomic E-state index is -3.27. The number of rotatable bonds is 4. The molecule has 6 nitrogen and oxygen atoms in total. The van der Waals surface area contributed by atoms with Crippen LogP contribution in [0.2, 0.25) is 0 Å². The zero-order chi connectivity index (χ0) is 17.2. The van der Waals surface area contributed by atoms with Gasteiger partial charge < -0.3 is 15.0 Å². The van der Waals surface area contributed by atoms with E-state index < -0.39 is 9.84 Å². The van der Waals surface area contributed by atoms with Gasteiger partial charge in [-0.2, -0.15) is 0 Å². The van der Waals surface area contributed by atoms with Gasteiger partial charge in [-0.15, -0.1) is 0 Å². The molecule has 23 heavy (non-hydrogen) atoms. The summed E-state index contributed by atoms with van der Waals surface area (Å²) in [5.41, 5.74) is 1.56. The van der Waals surface area contributed by atoms with E-state index in [9.17, 15) is 13.2 Å². The van der Waals surface area contributed by atoms with E-state index in [0.29, 0.717) is 18.8 Å². The average molecular weight is 340 g/mol. The molecule has 1 heterocycles. The fraction of sp³-hybridized carbons (Fsp3) is 0.562. The lowest BCUT2D eigenvalue weighted by Crippen LogP contribution is -2.49. The molecule has 0 aliphatic carbocycles. The number of nitrogens with one attached hydrogen (secondary N) is 1. The van der Waals surface area contributed by atoms with Gasteiger partial charge in [0.25, 0.3) is 0 Å². The van der Waals surface area contributed by atoms with E-state index >= 15 is 0 Å². The van der Waals surface area contributed by atoms with Crippen LogP contribution in [0.4, 0.5) is 5.69 Å². The van der Waals surface area contributed by atoms with Crippen LogP contribution in [-0.2, 0) is 19.4 Å². The fourth-order valence-corrected chi connectivity index (χ4v) is 3.33. The number of carbonyl (C=O) groups excluding carboxylic acids is 1. The van der Waals surface area contributed by atoms with E-state index in [0.717, 1.165) is 5.56 Å². The number of benzene rings is 1. The number of hydrogen-bond acceptors (Lipinski definition) is 5. The summed E-state index contributed by atoms with van der Waals surface area (Å²) in [5, 5.41) is 3.06. The second kappa shape index (κ2) is 6.88. The number of anilines is 1. The van der Waals surface area contributed by atoms with Crippen molar-refractivity contribution in [1.29, 1.82) is 0 Å². The maximum Gasteiger partial charge on any atom is 0.242 e. The van der Waals surface area contributed by atoms with E-state index in [1.165, 1.54) is 6.26 Å². The first-order valence-electron chi connectivity index (χ1n) is 7.64. The molecule has 1 aromatic rings. The summed E-state index contributed by atoms with van der Waals surface area (Å²) in [6.45, 7) is 7.05. The van der Waals surface area contributed by atoms with Crippen LogP contribution in [0.1, 0.15) is 19.4 Å². The summed E-state index contributed by atoms with van der Waals surface area (Å²) in [5.74, 6) is -0.0174. The second-order valence-electron chi connectivity index (χ2n) is 6.16. The van der Waals surface area contributed by atoms with Crippen LogP contribution < -0.4 is 5.32 Å². The third kappa shape index (κ3) is 4.68. The van der Waals surface area contributed by atoms with Crippen molar-refractivity contribution in [3.05, 3.63) is 23.8 Å². The van der Waals surface area contributed by atoms with Gasteiger partial charge in [-0.25, -0.2) is 8.42 Å². The molecule has 0 spiro atoms. The Bertz CT molecular complexity index is 677. The summed E-state index contributed by atoms with van der Waals surface area (Å²) >= 11 is 0. The Hall–Kier alpha value is -1.60. The molecule has 1 aliphatic heterocycles. The third-order valence-electron chi connectivity index (χ3n) is 3.84. The Morgan fingerprint density at radius 2 is 1.91 bits per heavy atom. The van der Waals surface area contributed by atoms with E-state index in [2.05, 4.69) is 5.32 Å². The Labute approximate surface area is 137 Å². The van der Waals surface area contributed by atoms with Gasteiger partial charge in [0.2, 0.25) is 5.91 Å². The first-order chi connectivity index (χ1) is 10.7. The van der Waals surface area contributed by atoms with Gasteiger partial charge >= 0.3 is 0 Å². The first kappa shape index (κ1) is 17.7. The molecule has 0 bridgehead atoms. The van der Waals surface area contributed by atoms with Gasteiger partial charge in [-0.3, -0.25) is 4.79 Å². The first-order valence-corrected chi connectivity index (χ1v) is 9.54. The standard InChI is InChI=1S/C16H24N2O4S/c1-11-5-6-14(23(4,20)21)7-15(11)17-8-16(19)18-9-12(2)22-13(3)10-18/h5-7,12-13,17H,8-10H2,1-4H3. The summed E-state index contributed by atoms with van der Waals surface area (Å²) in [6.07, 6.45) is 1.22. The third-order valence-corrected chi connectivity index (χ3v) is 4.95. The van der Waals surface area contributed by atoms with Gasteiger partial charge in [0.05, 0.1) is 23.6 Å². The lowest BCUT2D eigenvalue weighted by Gasteiger charge is -2.35. The molecule has 7 heteroatoms. The number of nitrogens with zero attached hydrogens (tertiary/aromatic N) is 1. The second-order valence-corrected chi connectivity index (χ2v) is 8.17. The highest BCUT2D eigenvalue weighted by Crippen LogP contribution is 2.20. The van der Waals surface area contributed by atoms with Gasteiger partial charge in [-0.1, -0.05) is 6.07 Å². The van der Waals surface area contributed by atoms with Crippen LogP contribution >= 0.6 is 0 Å². The van der Waals surface area contributed by atoms with Gasteiger partial charge in [0.15, 0.2) is 9.84 Å². The number of carbonyl (C=O) groups is 1. The van der Waals surface area contributed by atoms with Gasteiger partial charge in [0, 0.05) is 25.0 Å². The van der Waals surface area contributed by atoms with E-state index in [4.69, 9.17) is 4.74 Å². The summed E-state index contributed by atoms with van der Waals surface area (Å²) in [4.78, 5) is 14.4. The van der Waals surface area contributed by atoms with Crippen LogP contribution in [0.15, 0.2) is 23.1 Å². The molecule has 0 aromatic heterocycles. The predicted octanol–water partition coefficient (Wildman–Crippen LogP) is 1.45. The largest absolute Gasteiger partial charge is 0.376 e. The number of sulfone groups is 1. The molecule has 128 valence electrons. The SMILES string of the molecule is Cc1ccc(S(C)(=O)=O)cc1NCC(=O)N1CC(C)OC(C)C1. The molecule has 2 unspecified atom stereocenters.